The van der Waals surface area contributed by atoms with Gasteiger partial charge in [-0.25, -0.2) is 4.79 Å². The third kappa shape index (κ3) is 3.12. The minimum Gasteiger partial charge on any atom is -0.480 e. The first-order chi connectivity index (χ1) is 9.91. The lowest BCUT2D eigenvalue weighted by Crippen LogP contribution is -2.46. The molecule has 2 N–H and O–H groups in total. The molecule has 0 aliphatic heterocycles. The number of amides is 1. The smallest absolute Gasteiger partial charge is 0.326 e. The van der Waals surface area contributed by atoms with Crippen LogP contribution in [0.4, 0.5) is 0 Å². The highest BCUT2D eigenvalue weighted by Crippen LogP contribution is 2.31. The summed E-state index contributed by atoms with van der Waals surface area (Å²) in [6, 6.07) is 6.12. The van der Waals surface area contributed by atoms with E-state index in [1.54, 1.807) is 38.1 Å². The number of carboxylic acid groups (broad SMARTS) is 1. The van der Waals surface area contributed by atoms with Gasteiger partial charge in [0.15, 0.2) is 5.78 Å². The molecule has 0 fully saturated rings. The summed E-state index contributed by atoms with van der Waals surface area (Å²) < 4.78 is 0. The minimum absolute atomic E-state index is 0.0355. The number of aliphatic carboxylic acids is 1. The third-order valence-corrected chi connectivity index (χ3v) is 3.84. The summed E-state index contributed by atoms with van der Waals surface area (Å²) in [6.45, 7) is 3.49. The average Bonchev–Trinajstić information content (AvgIpc) is 2.44. The van der Waals surface area contributed by atoms with Crippen molar-refractivity contribution in [2.75, 3.05) is 0 Å². The molecule has 5 heteroatoms. The number of rotatable bonds is 4. The molecule has 5 nitrogen and oxygen atoms in total. The fourth-order valence-electron chi connectivity index (χ4n) is 2.66. The van der Waals surface area contributed by atoms with Crippen LogP contribution in [0.2, 0.25) is 0 Å². The summed E-state index contributed by atoms with van der Waals surface area (Å²) >= 11 is 0. The molecule has 112 valence electrons. The number of carbonyl (C=O) groups excluding carboxylic acids is 2. The molecule has 0 spiro atoms. The van der Waals surface area contributed by atoms with Crippen LogP contribution in [0.1, 0.15) is 48.5 Å². The number of benzene rings is 1. The Hall–Kier alpha value is -2.17. The van der Waals surface area contributed by atoms with Crippen molar-refractivity contribution in [2.24, 2.45) is 5.92 Å². The van der Waals surface area contributed by atoms with Gasteiger partial charge < -0.3 is 10.4 Å². The van der Waals surface area contributed by atoms with E-state index in [0.717, 1.165) is 0 Å². The van der Waals surface area contributed by atoms with Crippen molar-refractivity contribution in [1.82, 2.24) is 5.32 Å². The fourth-order valence-corrected chi connectivity index (χ4v) is 2.66. The lowest BCUT2D eigenvalue weighted by atomic mass is 9.81. The number of carbonyl (C=O) groups is 3. The molecule has 2 atom stereocenters. The van der Waals surface area contributed by atoms with Crippen LogP contribution in [0.5, 0.6) is 0 Å². The van der Waals surface area contributed by atoms with Crippen molar-refractivity contribution in [3.05, 3.63) is 35.4 Å². The van der Waals surface area contributed by atoms with Gasteiger partial charge in [-0.05, 0) is 17.9 Å². The molecule has 0 aromatic heterocycles. The van der Waals surface area contributed by atoms with Gasteiger partial charge in [0, 0.05) is 12.0 Å². The number of Topliss-reactive ketones (excluding diaryl/α,β-unsaturated/α-hetero) is 1. The Morgan fingerprint density at radius 2 is 1.95 bits per heavy atom. The van der Waals surface area contributed by atoms with Crippen molar-refractivity contribution in [1.29, 1.82) is 0 Å². The van der Waals surface area contributed by atoms with E-state index in [-0.39, 0.29) is 17.6 Å². The Bertz CT molecular complexity index is 579. The zero-order chi connectivity index (χ0) is 15.6. The van der Waals surface area contributed by atoms with E-state index in [4.69, 9.17) is 5.11 Å². The highest BCUT2D eigenvalue weighted by molar-refractivity contribution is 6.02. The van der Waals surface area contributed by atoms with Gasteiger partial charge in [0.1, 0.15) is 6.04 Å². The quantitative estimate of drug-likeness (QED) is 0.887. The van der Waals surface area contributed by atoms with E-state index in [1.165, 1.54) is 0 Å². The fraction of sp³-hybridized carbons (Fsp3) is 0.438. The van der Waals surface area contributed by atoms with Crippen LogP contribution in [-0.2, 0) is 9.59 Å². The molecule has 1 amide bonds. The van der Waals surface area contributed by atoms with E-state index < -0.39 is 17.9 Å². The Kier molecular flexibility index (Phi) is 4.40. The first-order valence-electron chi connectivity index (χ1n) is 7.07. The standard InChI is InChI=1S/C16H19NO4/c1-9(2)14(16(20)21)17-15(19)12-7-8-13(18)11-6-4-3-5-10(11)12/h3-6,9,12,14H,7-8H2,1-2H3,(H,17,19)(H,20,21)/t12?,14-/m1/s1. The molecule has 21 heavy (non-hydrogen) atoms. The lowest BCUT2D eigenvalue weighted by molar-refractivity contribution is -0.143. The van der Waals surface area contributed by atoms with E-state index in [9.17, 15) is 14.4 Å². The molecular formula is C16H19NO4. The molecule has 1 aromatic carbocycles. The molecule has 0 heterocycles. The van der Waals surface area contributed by atoms with Gasteiger partial charge in [0.25, 0.3) is 0 Å². The Labute approximate surface area is 123 Å². The number of fused-ring (bicyclic) bond motifs is 1. The summed E-state index contributed by atoms with van der Waals surface area (Å²) in [5.74, 6) is -1.99. The van der Waals surface area contributed by atoms with Gasteiger partial charge in [0.05, 0.1) is 5.92 Å². The summed E-state index contributed by atoms with van der Waals surface area (Å²) in [5.41, 5.74) is 1.26. The van der Waals surface area contributed by atoms with Crippen LogP contribution in [0.25, 0.3) is 0 Å². The van der Waals surface area contributed by atoms with E-state index in [0.29, 0.717) is 24.0 Å². The highest BCUT2D eigenvalue weighted by Gasteiger charge is 2.33. The van der Waals surface area contributed by atoms with Crippen LogP contribution in [0.3, 0.4) is 0 Å². The maximum absolute atomic E-state index is 12.4. The molecule has 1 aliphatic rings. The van der Waals surface area contributed by atoms with Crippen LogP contribution in [0.15, 0.2) is 24.3 Å². The molecule has 0 bridgehead atoms. The number of hydrogen-bond donors (Lipinski definition) is 2. The maximum atomic E-state index is 12.4. The van der Waals surface area contributed by atoms with Crippen molar-refractivity contribution in [2.45, 2.75) is 38.6 Å². The van der Waals surface area contributed by atoms with Crippen LogP contribution in [0, 0.1) is 5.92 Å². The van der Waals surface area contributed by atoms with Crippen molar-refractivity contribution >= 4 is 17.7 Å². The Morgan fingerprint density at radius 3 is 2.57 bits per heavy atom. The summed E-state index contributed by atoms with van der Waals surface area (Å²) in [4.78, 5) is 35.5. The number of carboxylic acids is 1. The largest absolute Gasteiger partial charge is 0.480 e. The summed E-state index contributed by atoms with van der Waals surface area (Å²) in [5, 5.41) is 11.8. The second-order valence-corrected chi connectivity index (χ2v) is 5.67. The second kappa shape index (κ2) is 6.08. The SMILES string of the molecule is CC(C)[C@@H](NC(=O)C1CCC(=O)c2ccccc21)C(=O)O. The van der Waals surface area contributed by atoms with Gasteiger partial charge in [-0.1, -0.05) is 38.1 Å². The van der Waals surface area contributed by atoms with Crippen LogP contribution in [-0.4, -0.2) is 28.8 Å². The second-order valence-electron chi connectivity index (χ2n) is 5.67. The van der Waals surface area contributed by atoms with Crippen LogP contribution >= 0.6 is 0 Å². The number of nitrogens with one attached hydrogen (secondary N) is 1. The van der Waals surface area contributed by atoms with Crippen LogP contribution < -0.4 is 5.32 Å². The molecule has 0 saturated heterocycles. The highest BCUT2D eigenvalue weighted by atomic mass is 16.4. The average molecular weight is 289 g/mol. The van der Waals surface area contributed by atoms with Crippen molar-refractivity contribution in [3.63, 3.8) is 0 Å². The number of ketones is 1. The van der Waals surface area contributed by atoms with E-state index in [2.05, 4.69) is 5.32 Å². The van der Waals surface area contributed by atoms with E-state index >= 15 is 0 Å². The molecule has 0 radical (unpaired) electrons. The zero-order valence-corrected chi connectivity index (χ0v) is 12.1. The number of hydrogen-bond acceptors (Lipinski definition) is 3. The molecule has 1 aromatic rings. The molecule has 1 unspecified atom stereocenters. The van der Waals surface area contributed by atoms with Gasteiger partial charge >= 0.3 is 5.97 Å². The molecule has 1 aliphatic carbocycles. The van der Waals surface area contributed by atoms with Crippen molar-refractivity contribution in [3.8, 4) is 0 Å². The first-order valence-corrected chi connectivity index (χ1v) is 7.07. The van der Waals surface area contributed by atoms with Gasteiger partial charge in [-0.2, -0.15) is 0 Å². The van der Waals surface area contributed by atoms with Gasteiger partial charge in [-0.3, -0.25) is 9.59 Å². The van der Waals surface area contributed by atoms with Crippen molar-refractivity contribution < 1.29 is 19.5 Å². The maximum Gasteiger partial charge on any atom is 0.326 e. The Morgan fingerprint density at radius 1 is 1.29 bits per heavy atom. The molecule has 0 saturated carbocycles. The van der Waals surface area contributed by atoms with E-state index in [1.807, 2.05) is 0 Å². The predicted octanol–water partition coefficient (Wildman–Crippen LogP) is 1.97. The predicted molar refractivity (Wildman–Crippen MR) is 77.2 cm³/mol. The normalized spacial score (nSPS) is 19.0. The Balaban J connectivity index is 2.23. The topological polar surface area (TPSA) is 83.5 Å². The summed E-state index contributed by atoms with van der Waals surface area (Å²) in [7, 11) is 0. The molecule has 2 rings (SSSR count). The third-order valence-electron chi connectivity index (χ3n) is 3.84. The summed E-state index contributed by atoms with van der Waals surface area (Å²) in [6.07, 6.45) is 0.737. The molecular weight excluding hydrogens is 270 g/mol. The monoisotopic (exact) mass is 289 g/mol. The lowest BCUT2D eigenvalue weighted by Gasteiger charge is -2.26. The first kappa shape index (κ1) is 15.2. The zero-order valence-electron chi connectivity index (χ0n) is 12.1. The van der Waals surface area contributed by atoms with Gasteiger partial charge in [-0.15, -0.1) is 0 Å². The van der Waals surface area contributed by atoms with Gasteiger partial charge in [0.2, 0.25) is 5.91 Å². The minimum atomic E-state index is -1.04.